The predicted octanol–water partition coefficient (Wildman–Crippen LogP) is 0.426. The fraction of sp³-hybridized carbons (Fsp3) is 0.529. The summed E-state index contributed by atoms with van der Waals surface area (Å²) in [6, 6.07) is 0. The van der Waals surface area contributed by atoms with Crippen LogP contribution < -0.4 is 4.90 Å². The van der Waals surface area contributed by atoms with Gasteiger partial charge in [-0.1, -0.05) is 0 Å². The van der Waals surface area contributed by atoms with Gasteiger partial charge < -0.3 is 14.7 Å². The van der Waals surface area contributed by atoms with Crippen LogP contribution in [0.3, 0.4) is 0 Å². The van der Waals surface area contributed by atoms with Gasteiger partial charge in [-0.05, 0) is 19.5 Å². The summed E-state index contributed by atoms with van der Waals surface area (Å²) < 4.78 is 1.83. The van der Waals surface area contributed by atoms with Gasteiger partial charge in [-0.2, -0.15) is 5.10 Å². The largest absolute Gasteiger partial charge is 0.335 e. The summed E-state index contributed by atoms with van der Waals surface area (Å²) >= 11 is 0. The van der Waals surface area contributed by atoms with Crippen LogP contribution in [0.2, 0.25) is 0 Å². The average Bonchev–Trinajstić information content (AvgIpc) is 3.16. The van der Waals surface area contributed by atoms with Gasteiger partial charge in [0.1, 0.15) is 0 Å². The molecule has 0 radical (unpaired) electrons. The number of aryl methyl sites for hydroxylation is 2. The van der Waals surface area contributed by atoms with Crippen molar-refractivity contribution in [2.75, 3.05) is 38.1 Å². The minimum Gasteiger partial charge on any atom is -0.335 e. The van der Waals surface area contributed by atoms with Crippen molar-refractivity contribution in [2.45, 2.75) is 20.0 Å². The van der Waals surface area contributed by atoms with E-state index in [4.69, 9.17) is 0 Å². The summed E-state index contributed by atoms with van der Waals surface area (Å²) in [7, 11) is 3.98. The third-order valence-electron chi connectivity index (χ3n) is 5.01. The molecule has 8 heteroatoms. The monoisotopic (exact) mass is 341 g/mol. The molecule has 4 rings (SSSR count). The number of piperazine rings is 1. The van der Waals surface area contributed by atoms with Crippen molar-refractivity contribution in [3.8, 4) is 0 Å². The number of nitrogens with zero attached hydrogens (tertiary/aromatic N) is 7. The summed E-state index contributed by atoms with van der Waals surface area (Å²) in [6.07, 6.45) is 3.64. The number of fused-ring (bicyclic) bond motifs is 1. The fourth-order valence-electron chi connectivity index (χ4n) is 3.42. The number of hydrogen-bond acceptors (Lipinski definition) is 6. The Hall–Kier alpha value is -2.48. The molecule has 4 heterocycles. The molecule has 132 valence electrons. The minimum absolute atomic E-state index is 0.0385. The van der Waals surface area contributed by atoms with E-state index >= 15 is 0 Å². The molecule has 0 saturated carbocycles. The van der Waals surface area contributed by atoms with Crippen LogP contribution in [0, 0.1) is 6.92 Å². The highest BCUT2D eigenvalue weighted by Gasteiger charge is 2.33. The van der Waals surface area contributed by atoms with Gasteiger partial charge in [-0.15, -0.1) is 0 Å². The second-order valence-electron chi connectivity index (χ2n) is 6.91. The first kappa shape index (κ1) is 16.0. The highest BCUT2D eigenvalue weighted by molar-refractivity contribution is 5.94. The van der Waals surface area contributed by atoms with Crippen LogP contribution in [-0.2, 0) is 20.1 Å². The smallest absolute Gasteiger partial charge is 0.274 e. The first-order valence-corrected chi connectivity index (χ1v) is 8.59. The van der Waals surface area contributed by atoms with E-state index in [-0.39, 0.29) is 5.91 Å². The highest BCUT2D eigenvalue weighted by atomic mass is 16.2. The standard InChI is InChI=1S/C17H23N7O/c1-12-8-18-17(19-9-12)24-10-13-14(11-24)22(3)20-15(13)16(25)23-6-4-21(2)5-7-23/h8-9H,4-7,10-11H2,1-3H3. The predicted molar refractivity (Wildman–Crippen MR) is 93.3 cm³/mol. The van der Waals surface area contributed by atoms with Crippen LogP contribution in [0.4, 0.5) is 5.95 Å². The molecule has 0 aliphatic carbocycles. The van der Waals surface area contributed by atoms with E-state index in [9.17, 15) is 4.79 Å². The second-order valence-corrected chi connectivity index (χ2v) is 6.91. The van der Waals surface area contributed by atoms with Crippen molar-refractivity contribution >= 4 is 11.9 Å². The first-order valence-electron chi connectivity index (χ1n) is 8.59. The summed E-state index contributed by atoms with van der Waals surface area (Å²) in [5.41, 5.74) is 3.70. The van der Waals surface area contributed by atoms with Crippen molar-refractivity contribution in [1.29, 1.82) is 0 Å². The van der Waals surface area contributed by atoms with Gasteiger partial charge >= 0.3 is 0 Å². The van der Waals surface area contributed by atoms with Crippen LogP contribution in [0.15, 0.2) is 12.4 Å². The number of anilines is 1. The van der Waals surface area contributed by atoms with E-state index < -0.39 is 0 Å². The average molecular weight is 341 g/mol. The van der Waals surface area contributed by atoms with Crippen molar-refractivity contribution in [1.82, 2.24) is 29.5 Å². The van der Waals surface area contributed by atoms with Gasteiger partial charge in [0.05, 0.1) is 18.8 Å². The Kier molecular flexibility index (Phi) is 3.91. The molecule has 25 heavy (non-hydrogen) atoms. The maximum atomic E-state index is 12.9. The molecule has 0 unspecified atom stereocenters. The lowest BCUT2D eigenvalue weighted by Gasteiger charge is -2.32. The molecule has 1 amide bonds. The quantitative estimate of drug-likeness (QED) is 0.789. The number of amides is 1. The second kappa shape index (κ2) is 6.11. The molecule has 2 aliphatic rings. The third kappa shape index (κ3) is 2.86. The van der Waals surface area contributed by atoms with Gasteiger partial charge in [0.2, 0.25) is 5.95 Å². The summed E-state index contributed by atoms with van der Waals surface area (Å²) in [4.78, 5) is 28.0. The molecule has 0 atom stereocenters. The normalized spacial score (nSPS) is 17.9. The molecule has 2 aromatic heterocycles. The van der Waals surface area contributed by atoms with Crippen LogP contribution in [0.1, 0.15) is 27.3 Å². The zero-order chi connectivity index (χ0) is 17.6. The number of likely N-dealkylation sites (N-methyl/N-ethyl adjacent to an activating group) is 1. The van der Waals surface area contributed by atoms with E-state index in [1.165, 1.54) is 0 Å². The number of aromatic nitrogens is 4. The third-order valence-corrected chi connectivity index (χ3v) is 5.01. The van der Waals surface area contributed by atoms with Crippen LogP contribution in [-0.4, -0.2) is 68.7 Å². The van der Waals surface area contributed by atoms with Gasteiger partial charge in [-0.3, -0.25) is 9.48 Å². The van der Waals surface area contributed by atoms with Crippen molar-refractivity contribution in [3.63, 3.8) is 0 Å². The van der Waals surface area contributed by atoms with Gasteiger partial charge in [0.25, 0.3) is 5.91 Å². The van der Waals surface area contributed by atoms with Crippen LogP contribution in [0.5, 0.6) is 0 Å². The maximum Gasteiger partial charge on any atom is 0.274 e. The van der Waals surface area contributed by atoms with Gasteiger partial charge in [0, 0.05) is 51.2 Å². The van der Waals surface area contributed by atoms with Crippen LogP contribution >= 0.6 is 0 Å². The van der Waals surface area contributed by atoms with E-state index in [1.54, 1.807) is 0 Å². The molecule has 0 N–H and O–H groups in total. The van der Waals surface area contributed by atoms with Crippen molar-refractivity contribution < 1.29 is 4.79 Å². The Morgan fingerprint density at radius 1 is 1.04 bits per heavy atom. The van der Waals surface area contributed by atoms with E-state index in [0.29, 0.717) is 24.7 Å². The van der Waals surface area contributed by atoms with Gasteiger partial charge in [0.15, 0.2) is 5.69 Å². The summed E-state index contributed by atoms with van der Waals surface area (Å²) in [5, 5.41) is 4.51. The summed E-state index contributed by atoms with van der Waals surface area (Å²) in [5.74, 6) is 0.733. The Balaban J connectivity index is 1.57. The molecule has 2 aliphatic heterocycles. The van der Waals surface area contributed by atoms with Crippen LogP contribution in [0.25, 0.3) is 0 Å². The lowest BCUT2D eigenvalue weighted by Crippen LogP contribution is -2.47. The SMILES string of the molecule is Cc1cnc(N2Cc3c(C(=O)N4CCN(C)CC4)nn(C)c3C2)nc1. The molecule has 2 aromatic rings. The molecule has 0 spiro atoms. The molecule has 1 saturated heterocycles. The first-order chi connectivity index (χ1) is 12.0. The lowest BCUT2D eigenvalue weighted by molar-refractivity contribution is 0.0656. The topological polar surface area (TPSA) is 70.4 Å². The Bertz CT molecular complexity index is 790. The Labute approximate surface area is 147 Å². The van der Waals surface area contributed by atoms with Gasteiger partial charge in [-0.25, -0.2) is 9.97 Å². The van der Waals surface area contributed by atoms with E-state index in [0.717, 1.165) is 43.0 Å². The maximum absolute atomic E-state index is 12.9. The number of carbonyl (C=O) groups is 1. The zero-order valence-corrected chi connectivity index (χ0v) is 14.9. The number of hydrogen-bond donors (Lipinski definition) is 0. The minimum atomic E-state index is 0.0385. The molecule has 0 bridgehead atoms. The zero-order valence-electron chi connectivity index (χ0n) is 14.9. The molecule has 0 aromatic carbocycles. The Morgan fingerprint density at radius 3 is 2.40 bits per heavy atom. The van der Waals surface area contributed by atoms with E-state index in [2.05, 4.69) is 31.9 Å². The molecule has 1 fully saturated rings. The molecular formula is C17H23N7O. The van der Waals surface area contributed by atoms with E-state index in [1.807, 2.05) is 35.9 Å². The van der Waals surface area contributed by atoms with Crippen molar-refractivity contribution in [2.24, 2.45) is 7.05 Å². The highest BCUT2D eigenvalue weighted by Crippen LogP contribution is 2.28. The Morgan fingerprint density at radius 2 is 1.72 bits per heavy atom. The molecular weight excluding hydrogens is 318 g/mol. The van der Waals surface area contributed by atoms with Crippen molar-refractivity contribution in [3.05, 3.63) is 34.9 Å². The fourth-order valence-corrected chi connectivity index (χ4v) is 3.42. The molecule has 8 nitrogen and oxygen atoms in total. The number of rotatable bonds is 2. The lowest BCUT2D eigenvalue weighted by atomic mass is 10.2. The summed E-state index contributed by atoms with van der Waals surface area (Å²) in [6.45, 7) is 6.60. The number of carbonyl (C=O) groups excluding carboxylic acids is 1.